The summed E-state index contributed by atoms with van der Waals surface area (Å²) in [6.45, 7) is 11.6. The van der Waals surface area contributed by atoms with Gasteiger partial charge in [-0.25, -0.2) is 0 Å². The number of esters is 1. The lowest BCUT2D eigenvalue weighted by molar-refractivity contribution is -0.260. The topological polar surface area (TPSA) is 145 Å². The standard InChI is InChI=1S/C36H51N3O7/c1-35(2,3)45-32(41)20-19-25(23-39-34(43)46-36(4,5)6)22-38-31(40)18-8-7-13-21-37-33(42)44-24-30-28-16-11-9-14-26(28)27-15-10-12-17-29(27)30/h9-12,14-17,25,30H,7-8,13,18-24H2,1-6H3,(H,37,42)(H,38,40)(H,39,43)/p-2. The SMILES string of the molecule is CC(C)(C)OC(=O)CCC(CN=C([O-])OC(C)(C)C)CNC(=O)CCCCCN=C([O-])OCC1c2ccccc2-c2ccccc21. The van der Waals surface area contributed by atoms with Crippen molar-refractivity contribution < 1.29 is 34.0 Å². The number of hydrogen-bond acceptors (Lipinski definition) is 9. The van der Waals surface area contributed by atoms with Crippen LogP contribution in [0.1, 0.15) is 97.1 Å². The van der Waals surface area contributed by atoms with Crippen LogP contribution in [0.15, 0.2) is 58.5 Å². The Hall–Kier alpha value is -4.08. The van der Waals surface area contributed by atoms with E-state index < -0.39 is 23.4 Å². The molecule has 2 aromatic carbocycles. The lowest BCUT2D eigenvalue weighted by atomic mass is 9.98. The quantitative estimate of drug-likeness (QED) is 0.132. The van der Waals surface area contributed by atoms with Crippen LogP contribution in [-0.2, 0) is 23.8 Å². The van der Waals surface area contributed by atoms with Gasteiger partial charge in [0.2, 0.25) is 5.91 Å². The highest BCUT2D eigenvalue weighted by atomic mass is 16.6. The molecule has 0 aromatic heterocycles. The maximum absolute atomic E-state index is 12.5. The Labute approximate surface area is 273 Å². The van der Waals surface area contributed by atoms with Crippen molar-refractivity contribution in [1.29, 1.82) is 0 Å². The fourth-order valence-corrected chi connectivity index (χ4v) is 5.20. The molecule has 1 amide bonds. The zero-order chi connectivity index (χ0) is 33.7. The number of carbonyl (C=O) groups is 2. The van der Waals surface area contributed by atoms with Crippen molar-refractivity contribution in [3.8, 4) is 11.1 Å². The van der Waals surface area contributed by atoms with Crippen LogP contribution in [0.2, 0.25) is 0 Å². The first-order chi connectivity index (χ1) is 21.7. The molecule has 0 radical (unpaired) electrons. The van der Waals surface area contributed by atoms with E-state index in [9.17, 15) is 19.8 Å². The summed E-state index contributed by atoms with van der Waals surface area (Å²) >= 11 is 0. The van der Waals surface area contributed by atoms with Gasteiger partial charge in [-0.1, -0.05) is 75.7 Å². The summed E-state index contributed by atoms with van der Waals surface area (Å²) in [5.74, 6) is -0.717. The minimum atomic E-state index is -0.676. The molecule has 1 N–H and O–H groups in total. The number of amides is 1. The third-order valence-electron chi connectivity index (χ3n) is 7.28. The van der Waals surface area contributed by atoms with Crippen LogP contribution in [0.5, 0.6) is 0 Å². The molecule has 10 nitrogen and oxygen atoms in total. The number of unbranched alkanes of at least 4 members (excludes halogenated alkanes) is 2. The minimum absolute atomic E-state index is 0.00653. The lowest BCUT2D eigenvalue weighted by Crippen LogP contribution is -2.34. The van der Waals surface area contributed by atoms with Crippen LogP contribution < -0.4 is 15.5 Å². The normalized spacial score (nSPS) is 14.3. The highest BCUT2D eigenvalue weighted by Crippen LogP contribution is 2.44. The van der Waals surface area contributed by atoms with Gasteiger partial charge in [0.05, 0.1) is 0 Å². The van der Waals surface area contributed by atoms with E-state index in [-0.39, 0.29) is 49.8 Å². The van der Waals surface area contributed by atoms with Gasteiger partial charge < -0.3 is 29.7 Å². The van der Waals surface area contributed by atoms with E-state index in [1.54, 1.807) is 41.5 Å². The van der Waals surface area contributed by atoms with Gasteiger partial charge in [-0.2, -0.15) is 0 Å². The van der Waals surface area contributed by atoms with Crippen LogP contribution in [0, 0.1) is 5.92 Å². The number of aliphatic imine (C=N–C) groups is 2. The van der Waals surface area contributed by atoms with Gasteiger partial charge >= 0.3 is 5.97 Å². The summed E-state index contributed by atoms with van der Waals surface area (Å²) < 4.78 is 16.1. The molecule has 1 aliphatic rings. The second-order valence-electron chi connectivity index (χ2n) is 13.6. The molecule has 0 saturated carbocycles. The Morgan fingerprint density at radius 2 is 1.41 bits per heavy atom. The Balaban J connectivity index is 1.37. The van der Waals surface area contributed by atoms with Gasteiger partial charge in [-0.3, -0.25) is 19.6 Å². The number of fused-ring (bicyclic) bond motifs is 3. The van der Waals surface area contributed by atoms with Crippen LogP contribution in [0.4, 0.5) is 0 Å². The molecule has 252 valence electrons. The number of carbonyl (C=O) groups excluding carboxylic acids is 2. The molecule has 3 rings (SSSR count). The third kappa shape index (κ3) is 12.7. The maximum atomic E-state index is 12.5. The van der Waals surface area contributed by atoms with E-state index in [2.05, 4.69) is 39.6 Å². The third-order valence-corrected chi connectivity index (χ3v) is 7.28. The average Bonchev–Trinajstić information content (AvgIpc) is 3.29. The van der Waals surface area contributed by atoms with E-state index in [1.165, 1.54) is 11.1 Å². The molecule has 0 heterocycles. The molecule has 1 atom stereocenters. The fraction of sp³-hybridized carbons (Fsp3) is 0.556. The predicted octanol–water partition coefficient (Wildman–Crippen LogP) is 4.48. The molecule has 1 unspecified atom stereocenters. The molecule has 10 heteroatoms. The molecule has 0 spiro atoms. The minimum Gasteiger partial charge on any atom is -0.599 e. The number of nitrogens with zero attached hydrogens (tertiary/aromatic N) is 2. The number of benzene rings is 2. The molecule has 46 heavy (non-hydrogen) atoms. The average molecular weight is 636 g/mol. The Morgan fingerprint density at radius 1 is 0.804 bits per heavy atom. The van der Waals surface area contributed by atoms with E-state index in [0.717, 1.165) is 17.5 Å². The second-order valence-corrected chi connectivity index (χ2v) is 13.6. The first-order valence-corrected chi connectivity index (χ1v) is 16.1. The van der Waals surface area contributed by atoms with Gasteiger partial charge in [0.1, 0.15) is 17.8 Å². The summed E-state index contributed by atoms with van der Waals surface area (Å²) in [5, 5.41) is 27.3. The zero-order valence-electron chi connectivity index (χ0n) is 28.1. The second kappa shape index (κ2) is 17.0. The van der Waals surface area contributed by atoms with Crippen molar-refractivity contribution in [3.63, 3.8) is 0 Å². The summed E-state index contributed by atoms with van der Waals surface area (Å²) in [7, 11) is 0. The van der Waals surface area contributed by atoms with E-state index in [4.69, 9.17) is 14.2 Å². The van der Waals surface area contributed by atoms with Gasteiger partial charge in [-0.05, 0) is 68.2 Å². The van der Waals surface area contributed by atoms with Crippen LogP contribution in [0.25, 0.3) is 11.1 Å². The molecular weight excluding hydrogens is 586 g/mol. The fourth-order valence-electron chi connectivity index (χ4n) is 5.20. The van der Waals surface area contributed by atoms with Gasteiger partial charge in [0.25, 0.3) is 0 Å². The number of rotatable bonds is 15. The van der Waals surface area contributed by atoms with E-state index in [1.807, 2.05) is 24.3 Å². The summed E-state index contributed by atoms with van der Waals surface area (Å²) in [4.78, 5) is 32.8. The largest absolute Gasteiger partial charge is 0.599 e. The predicted molar refractivity (Wildman–Crippen MR) is 175 cm³/mol. The smallest absolute Gasteiger partial charge is 0.306 e. The van der Waals surface area contributed by atoms with Crippen molar-refractivity contribution in [1.82, 2.24) is 5.32 Å². The number of nitrogens with one attached hydrogen (secondary N) is 1. The Kier molecular flexibility index (Phi) is 13.5. The molecule has 0 aliphatic heterocycles. The van der Waals surface area contributed by atoms with Crippen molar-refractivity contribution in [2.24, 2.45) is 15.9 Å². The Morgan fingerprint density at radius 3 is 2.02 bits per heavy atom. The zero-order valence-corrected chi connectivity index (χ0v) is 28.1. The van der Waals surface area contributed by atoms with Gasteiger partial charge in [0.15, 0.2) is 0 Å². The van der Waals surface area contributed by atoms with Crippen LogP contribution >= 0.6 is 0 Å². The summed E-state index contributed by atoms with van der Waals surface area (Å²) in [6, 6.07) is 16.4. The first kappa shape index (κ1) is 36.4. The highest BCUT2D eigenvalue weighted by Gasteiger charge is 2.27. The molecule has 0 saturated heterocycles. The summed E-state index contributed by atoms with van der Waals surface area (Å²) in [6.07, 6.45) is 1.63. The maximum Gasteiger partial charge on any atom is 0.306 e. The van der Waals surface area contributed by atoms with Crippen molar-refractivity contribution in [2.75, 3.05) is 26.2 Å². The van der Waals surface area contributed by atoms with Gasteiger partial charge in [0, 0.05) is 50.6 Å². The molecule has 1 aliphatic carbocycles. The van der Waals surface area contributed by atoms with Crippen molar-refractivity contribution in [3.05, 3.63) is 59.7 Å². The highest BCUT2D eigenvalue weighted by molar-refractivity contribution is 5.79. The molecule has 0 fully saturated rings. The number of ether oxygens (including phenoxy) is 3. The summed E-state index contributed by atoms with van der Waals surface area (Å²) in [5.41, 5.74) is 3.40. The van der Waals surface area contributed by atoms with E-state index in [0.29, 0.717) is 32.2 Å². The monoisotopic (exact) mass is 635 g/mol. The van der Waals surface area contributed by atoms with E-state index >= 15 is 0 Å². The number of hydrogen-bond donors (Lipinski definition) is 1. The van der Waals surface area contributed by atoms with Gasteiger partial charge in [-0.15, -0.1) is 0 Å². The molecule has 0 bridgehead atoms. The van der Waals surface area contributed by atoms with Crippen LogP contribution in [-0.4, -0.2) is 61.5 Å². The van der Waals surface area contributed by atoms with Crippen molar-refractivity contribution >= 4 is 24.0 Å². The molecule has 2 aromatic rings. The Bertz CT molecular complexity index is 1310. The van der Waals surface area contributed by atoms with Crippen molar-refractivity contribution in [2.45, 2.75) is 97.2 Å². The molecular formula is C36H49N3O7-2. The van der Waals surface area contributed by atoms with Crippen LogP contribution in [0.3, 0.4) is 0 Å². The lowest BCUT2D eigenvalue weighted by Gasteiger charge is -2.29. The first-order valence-electron chi connectivity index (χ1n) is 16.1.